The number of nitrogens with one attached hydrogen (secondary N) is 2. The molecule has 3 rings (SSSR count). The zero-order chi connectivity index (χ0) is 18.0. The van der Waals surface area contributed by atoms with Gasteiger partial charge in [-0.3, -0.25) is 14.4 Å². The normalized spacial score (nSPS) is 23.2. The summed E-state index contributed by atoms with van der Waals surface area (Å²) in [5, 5.41) is 13.2. The van der Waals surface area contributed by atoms with Gasteiger partial charge in [0.05, 0.1) is 11.0 Å². The fourth-order valence-corrected chi connectivity index (χ4v) is 4.00. The maximum Gasteiger partial charge on any atom is 0.240 e. The van der Waals surface area contributed by atoms with Gasteiger partial charge in [-0.25, -0.2) is 0 Å². The SMILES string of the molecule is Cc1ccc(C(=O)CC2S/C(=N\N=C3\NC(=O)CS3)NC2=O)c(C)c1. The predicted octanol–water partition coefficient (Wildman–Crippen LogP) is 1.60. The first kappa shape index (κ1) is 17.7. The number of rotatable bonds is 4. The smallest absolute Gasteiger partial charge is 0.240 e. The Labute approximate surface area is 153 Å². The van der Waals surface area contributed by atoms with E-state index in [9.17, 15) is 14.4 Å². The highest BCUT2D eigenvalue weighted by molar-refractivity contribution is 8.15. The minimum absolute atomic E-state index is 0.0728. The van der Waals surface area contributed by atoms with E-state index in [0.29, 0.717) is 21.7 Å². The summed E-state index contributed by atoms with van der Waals surface area (Å²) in [6.07, 6.45) is 0.0987. The number of carbonyl (C=O) groups is 3. The van der Waals surface area contributed by atoms with Gasteiger partial charge in [0.15, 0.2) is 16.1 Å². The molecule has 1 unspecified atom stereocenters. The van der Waals surface area contributed by atoms with Crippen LogP contribution in [0.15, 0.2) is 28.4 Å². The zero-order valence-electron chi connectivity index (χ0n) is 13.7. The second kappa shape index (κ2) is 7.40. The van der Waals surface area contributed by atoms with Crippen molar-refractivity contribution in [1.29, 1.82) is 0 Å². The van der Waals surface area contributed by atoms with Crippen molar-refractivity contribution >= 4 is 51.5 Å². The Hall–Kier alpha value is -2.13. The molecule has 7 nitrogen and oxygen atoms in total. The summed E-state index contributed by atoms with van der Waals surface area (Å²) < 4.78 is 0. The number of nitrogens with zero attached hydrogens (tertiary/aromatic N) is 2. The van der Waals surface area contributed by atoms with Crippen molar-refractivity contribution in [3.8, 4) is 0 Å². The van der Waals surface area contributed by atoms with Crippen LogP contribution < -0.4 is 10.6 Å². The monoisotopic (exact) mass is 376 g/mol. The molecule has 2 aliphatic heterocycles. The number of thioether (sulfide) groups is 2. The van der Waals surface area contributed by atoms with E-state index < -0.39 is 5.25 Å². The number of Topliss-reactive ketones (excluding diaryl/α,β-unsaturated/α-hetero) is 1. The van der Waals surface area contributed by atoms with E-state index in [1.807, 2.05) is 26.0 Å². The Kier molecular flexibility index (Phi) is 5.24. The van der Waals surface area contributed by atoms with Crippen molar-refractivity contribution in [2.45, 2.75) is 25.5 Å². The zero-order valence-corrected chi connectivity index (χ0v) is 15.3. The van der Waals surface area contributed by atoms with E-state index >= 15 is 0 Å². The average molecular weight is 376 g/mol. The van der Waals surface area contributed by atoms with Crippen molar-refractivity contribution in [1.82, 2.24) is 10.6 Å². The Morgan fingerprint density at radius 1 is 1.20 bits per heavy atom. The molecule has 0 aromatic heterocycles. The second-order valence-electron chi connectivity index (χ2n) is 5.69. The van der Waals surface area contributed by atoms with Gasteiger partial charge >= 0.3 is 0 Å². The van der Waals surface area contributed by atoms with Gasteiger partial charge < -0.3 is 10.6 Å². The van der Waals surface area contributed by atoms with Gasteiger partial charge in [-0.15, -0.1) is 10.2 Å². The third-order valence-corrected chi connectivity index (χ3v) is 5.58. The molecule has 2 N–H and O–H groups in total. The molecule has 130 valence electrons. The van der Waals surface area contributed by atoms with Gasteiger partial charge in [0, 0.05) is 12.0 Å². The summed E-state index contributed by atoms with van der Waals surface area (Å²) in [4.78, 5) is 35.6. The summed E-state index contributed by atoms with van der Waals surface area (Å²) >= 11 is 2.43. The van der Waals surface area contributed by atoms with Gasteiger partial charge in [0.2, 0.25) is 11.8 Å². The number of carbonyl (C=O) groups excluding carboxylic acids is 3. The van der Waals surface area contributed by atoms with Crippen LogP contribution in [-0.2, 0) is 9.59 Å². The van der Waals surface area contributed by atoms with Crippen LogP contribution in [0.4, 0.5) is 0 Å². The van der Waals surface area contributed by atoms with Gasteiger partial charge in [-0.2, -0.15) is 0 Å². The number of hydrogen-bond donors (Lipinski definition) is 2. The third-order valence-electron chi connectivity index (χ3n) is 3.65. The molecule has 1 aromatic rings. The van der Waals surface area contributed by atoms with E-state index in [1.54, 1.807) is 6.07 Å². The molecule has 1 atom stereocenters. The Balaban J connectivity index is 1.65. The molecule has 9 heteroatoms. The highest BCUT2D eigenvalue weighted by Crippen LogP contribution is 2.25. The highest BCUT2D eigenvalue weighted by atomic mass is 32.2. The van der Waals surface area contributed by atoms with Crippen LogP contribution in [0.1, 0.15) is 27.9 Å². The van der Waals surface area contributed by atoms with Gasteiger partial charge in [-0.1, -0.05) is 47.3 Å². The molecule has 1 aromatic carbocycles. The van der Waals surface area contributed by atoms with Crippen LogP contribution in [0.5, 0.6) is 0 Å². The van der Waals surface area contributed by atoms with Crippen molar-refractivity contribution in [2.24, 2.45) is 10.2 Å². The van der Waals surface area contributed by atoms with Gasteiger partial charge in [0.1, 0.15) is 0 Å². The maximum absolute atomic E-state index is 12.5. The molecule has 25 heavy (non-hydrogen) atoms. The quantitative estimate of drug-likeness (QED) is 0.614. The number of ketones is 1. The molecule has 0 spiro atoms. The number of amides is 2. The molecule has 2 amide bonds. The minimum atomic E-state index is -0.530. The number of aryl methyl sites for hydroxylation is 2. The predicted molar refractivity (Wildman–Crippen MR) is 99.9 cm³/mol. The average Bonchev–Trinajstić information content (AvgIpc) is 3.11. The molecule has 0 aliphatic carbocycles. The van der Waals surface area contributed by atoms with E-state index in [4.69, 9.17) is 0 Å². The lowest BCUT2D eigenvalue weighted by Gasteiger charge is -2.08. The summed E-state index contributed by atoms with van der Waals surface area (Å²) in [7, 11) is 0. The maximum atomic E-state index is 12.5. The van der Waals surface area contributed by atoms with Gasteiger partial charge in [-0.05, 0) is 19.4 Å². The van der Waals surface area contributed by atoms with Crippen molar-refractivity contribution in [3.05, 3.63) is 34.9 Å². The van der Waals surface area contributed by atoms with Crippen molar-refractivity contribution in [3.63, 3.8) is 0 Å². The minimum Gasteiger partial charge on any atom is -0.303 e. The molecule has 0 bridgehead atoms. The van der Waals surface area contributed by atoms with Crippen LogP contribution in [0.2, 0.25) is 0 Å². The first-order chi connectivity index (χ1) is 11.9. The topological polar surface area (TPSA) is 100.0 Å². The number of amidine groups is 2. The van der Waals surface area contributed by atoms with Gasteiger partial charge in [0.25, 0.3) is 0 Å². The first-order valence-corrected chi connectivity index (χ1v) is 9.45. The molecule has 2 fully saturated rings. The molecular formula is C16H16N4O3S2. The molecule has 0 radical (unpaired) electrons. The van der Waals surface area contributed by atoms with Crippen molar-refractivity contribution in [2.75, 3.05) is 5.75 Å². The third kappa shape index (κ3) is 4.29. The fourth-order valence-electron chi connectivity index (χ4n) is 2.46. The molecule has 0 saturated carbocycles. The lowest BCUT2D eigenvalue weighted by atomic mass is 9.99. The molecular weight excluding hydrogens is 360 g/mol. The Bertz CT molecular complexity index is 820. The summed E-state index contributed by atoms with van der Waals surface area (Å²) in [6.45, 7) is 3.86. The Morgan fingerprint density at radius 2 is 1.96 bits per heavy atom. The Morgan fingerprint density at radius 3 is 2.64 bits per heavy atom. The van der Waals surface area contributed by atoms with Crippen molar-refractivity contribution < 1.29 is 14.4 Å². The standard InChI is InChI=1S/C16H16N4O3S2/c1-8-3-4-10(9(2)5-8)11(21)6-12-14(23)18-16(25-12)20-19-15-17-13(22)7-24-15/h3-5,12H,6-7H2,1-2H3,(H,17,19,22)(H,18,20,23). The van der Waals surface area contributed by atoms with Crippen LogP contribution in [0, 0.1) is 13.8 Å². The molecule has 2 saturated heterocycles. The lowest BCUT2D eigenvalue weighted by molar-refractivity contribution is -0.119. The van der Waals surface area contributed by atoms with E-state index in [2.05, 4.69) is 20.8 Å². The van der Waals surface area contributed by atoms with Crippen LogP contribution >= 0.6 is 23.5 Å². The van der Waals surface area contributed by atoms with Crippen LogP contribution in [0.3, 0.4) is 0 Å². The first-order valence-electron chi connectivity index (χ1n) is 7.58. The second-order valence-corrected chi connectivity index (χ2v) is 7.84. The van der Waals surface area contributed by atoms with E-state index in [0.717, 1.165) is 11.1 Å². The number of benzene rings is 1. The van der Waals surface area contributed by atoms with Crippen LogP contribution in [-0.4, -0.2) is 38.9 Å². The highest BCUT2D eigenvalue weighted by Gasteiger charge is 2.32. The number of hydrogen-bond acceptors (Lipinski definition) is 7. The fraction of sp³-hybridized carbons (Fsp3) is 0.312. The van der Waals surface area contributed by atoms with E-state index in [-0.39, 0.29) is 24.0 Å². The summed E-state index contributed by atoms with van der Waals surface area (Å²) in [5.74, 6) is -0.138. The largest absolute Gasteiger partial charge is 0.303 e. The molecule has 2 aliphatic rings. The molecule has 2 heterocycles. The van der Waals surface area contributed by atoms with Crippen LogP contribution in [0.25, 0.3) is 0 Å². The lowest BCUT2D eigenvalue weighted by Crippen LogP contribution is -2.26. The summed E-state index contributed by atoms with van der Waals surface area (Å²) in [5.41, 5.74) is 2.63. The summed E-state index contributed by atoms with van der Waals surface area (Å²) in [6, 6.07) is 5.63. The van der Waals surface area contributed by atoms with E-state index in [1.165, 1.54) is 23.5 Å².